The minimum absolute atomic E-state index is 0.689. The third kappa shape index (κ3) is 2.85. The average molecular weight is 265 g/mol. The van der Waals surface area contributed by atoms with Gasteiger partial charge in [0, 0.05) is 30.2 Å². The Bertz CT molecular complexity index is 365. The van der Waals surface area contributed by atoms with Crippen molar-refractivity contribution in [3.05, 3.63) is 12.4 Å². The van der Waals surface area contributed by atoms with Crippen molar-refractivity contribution >= 4 is 17.7 Å². The fraction of sp³-hybridized carbons (Fsp3) is 0.786. The van der Waals surface area contributed by atoms with E-state index in [4.69, 9.17) is 0 Å². The Labute approximate surface area is 114 Å². The highest BCUT2D eigenvalue weighted by Gasteiger charge is 2.20. The van der Waals surface area contributed by atoms with E-state index in [-0.39, 0.29) is 0 Å². The summed E-state index contributed by atoms with van der Waals surface area (Å²) >= 11 is 2.12. The Hall–Kier alpha value is -0.640. The molecule has 1 aromatic rings. The van der Waals surface area contributed by atoms with Gasteiger partial charge in [-0.1, -0.05) is 19.3 Å². The molecule has 1 saturated carbocycles. The molecule has 1 aromatic heterocycles. The summed E-state index contributed by atoms with van der Waals surface area (Å²) in [6.07, 6.45) is 13.6. The summed E-state index contributed by atoms with van der Waals surface area (Å²) in [6, 6.07) is 0.689. The van der Waals surface area contributed by atoms with E-state index >= 15 is 0 Å². The van der Waals surface area contributed by atoms with Gasteiger partial charge in [0.25, 0.3) is 0 Å². The number of nitrogens with one attached hydrogen (secondary N) is 1. The molecule has 1 N–H and O–H groups in total. The van der Waals surface area contributed by atoms with Crippen molar-refractivity contribution < 1.29 is 0 Å². The lowest BCUT2D eigenvalue weighted by Gasteiger charge is -2.22. The molecule has 3 rings (SSSR count). The zero-order chi connectivity index (χ0) is 12.2. The maximum absolute atomic E-state index is 4.49. The van der Waals surface area contributed by atoms with Crippen LogP contribution in [0.1, 0.15) is 51.0 Å². The van der Waals surface area contributed by atoms with Crippen LogP contribution in [0, 0.1) is 0 Å². The second-order valence-electron chi connectivity index (χ2n) is 5.47. The molecule has 1 atom stereocenters. The molecular weight excluding hydrogens is 242 g/mol. The molecule has 0 amide bonds. The smallest absolute Gasteiger partial charge is 0.203 e. The van der Waals surface area contributed by atoms with Gasteiger partial charge in [-0.05, 0) is 31.4 Å². The Morgan fingerprint density at radius 2 is 2.06 bits per heavy atom. The number of nitrogens with zero attached hydrogens (tertiary/aromatic N) is 2. The molecule has 0 aromatic carbocycles. The molecule has 1 aliphatic heterocycles. The molecule has 1 saturated heterocycles. The Morgan fingerprint density at radius 1 is 1.22 bits per heavy atom. The van der Waals surface area contributed by atoms with Gasteiger partial charge in [-0.15, -0.1) is 0 Å². The second kappa shape index (κ2) is 6.00. The van der Waals surface area contributed by atoms with Gasteiger partial charge < -0.3 is 9.88 Å². The van der Waals surface area contributed by atoms with Gasteiger partial charge in [0.05, 0.1) is 0 Å². The van der Waals surface area contributed by atoms with E-state index in [1.54, 1.807) is 0 Å². The summed E-state index contributed by atoms with van der Waals surface area (Å²) in [5, 5.41) is 4.36. The number of imidazole rings is 1. The van der Waals surface area contributed by atoms with Crippen LogP contribution in [-0.4, -0.2) is 27.1 Å². The quantitative estimate of drug-likeness (QED) is 0.900. The highest BCUT2D eigenvalue weighted by Crippen LogP contribution is 2.32. The summed E-state index contributed by atoms with van der Waals surface area (Å²) in [5.74, 6) is 2.43. The molecule has 1 aliphatic carbocycles. The zero-order valence-corrected chi connectivity index (χ0v) is 11.8. The van der Waals surface area contributed by atoms with Gasteiger partial charge >= 0.3 is 0 Å². The Balaban J connectivity index is 1.56. The number of aromatic nitrogens is 2. The molecule has 0 radical (unpaired) electrons. The van der Waals surface area contributed by atoms with E-state index in [9.17, 15) is 0 Å². The summed E-state index contributed by atoms with van der Waals surface area (Å²) < 4.78 is 2.36. The zero-order valence-electron chi connectivity index (χ0n) is 11.0. The number of hydrogen-bond acceptors (Lipinski definition) is 3. The molecule has 100 valence electrons. The van der Waals surface area contributed by atoms with Crippen LogP contribution in [0.3, 0.4) is 0 Å². The van der Waals surface area contributed by atoms with E-state index in [0.29, 0.717) is 6.04 Å². The van der Waals surface area contributed by atoms with Crippen molar-refractivity contribution in [3.63, 3.8) is 0 Å². The van der Waals surface area contributed by atoms with Gasteiger partial charge in [0.1, 0.15) is 0 Å². The highest BCUT2D eigenvalue weighted by molar-refractivity contribution is 7.99. The summed E-state index contributed by atoms with van der Waals surface area (Å²) in [7, 11) is 0. The maximum atomic E-state index is 4.49. The molecule has 4 heteroatoms. The first-order valence-corrected chi connectivity index (χ1v) is 8.36. The predicted molar refractivity (Wildman–Crippen MR) is 78.3 cm³/mol. The maximum Gasteiger partial charge on any atom is 0.203 e. The Kier molecular flexibility index (Phi) is 4.13. The third-order valence-corrected chi connectivity index (χ3v) is 5.55. The first-order valence-electron chi connectivity index (χ1n) is 7.32. The van der Waals surface area contributed by atoms with E-state index in [1.165, 1.54) is 50.7 Å². The number of anilines is 1. The van der Waals surface area contributed by atoms with E-state index in [2.05, 4.69) is 32.8 Å². The van der Waals surface area contributed by atoms with Crippen LogP contribution in [0.5, 0.6) is 0 Å². The van der Waals surface area contributed by atoms with E-state index in [1.807, 2.05) is 6.20 Å². The highest BCUT2D eigenvalue weighted by atomic mass is 32.2. The van der Waals surface area contributed by atoms with Crippen molar-refractivity contribution in [2.24, 2.45) is 0 Å². The summed E-state index contributed by atoms with van der Waals surface area (Å²) in [4.78, 5) is 4.49. The molecule has 0 bridgehead atoms. The van der Waals surface area contributed by atoms with Crippen molar-refractivity contribution in [3.8, 4) is 0 Å². The number of hydrogen-bond donors (Lipinski definition) is 1. The molecule has 0 spiro atoms. The normalized spacial score (nSPS) is 25.4. The first kappa shape index (κ1) is 12.4. The van der Waals surface area contributed by atoms with Crippen LogP contribution < -0.4 is 5.32 Å². The average Bonchev–Trinajstić information content (AvgIpc) is 3.08. The van der Waals surface area contributed by atoms with Gasteiger partial charge in [0.15, 0.2) is 0 Å². The molecule has 3 nitrogen and oxygen atoms in total. The first-order chi connectivity index (χ1) is 8.93. The van der Waals surface area contributed by atoms with Gasteiger partial charge in [-0.2, -0.15) is 11.8 Å². The monoisotopic (exact) mass is 265 g/mol. The predicted octanol–water partition coefficient (Wildman–Crippen LogP) is 3.70. The minimum atomic E-state index is 0.689. The van der Waals surface area contributed by atoms with Crippen LogP contribution in [-0.2, 0) is 0 Å². The minimum Gasteiger partial charge on any atom is -0.355 e. The summed E-state index contributed by atoms with van der Waals surface area (Å²) in [5.41, 5.74) is 0. The van der Waals surface area contributed by atoms with E-state index in [0.717, 1.165) is 17.7 Å². The molecule has 1 unspecified atom stereocenters. The van der Waals surface area contributed by atoms with Crippen LogP contribution in [0.4, 0.5) is 5.95 Å². The Morgan fingerprint density at radius 3 is 2.83 bits per heavy atom. The molecule has 18 heavy (non-hydrogen) atoms. The van der Waals surface area contributed by atoms with Crippen LogP contribution in [0.25, 0.3) is 0 Å². The lowest BCUT2D eigenvalue weighted by atomic mass is 10.2. The lowest BCUT2D eigenvalue weighted by Crippen LogP contribution is -2.22. The number of rotatable bonds is 4. The largest absolute Gasteiger partial charge is 0.355 e. The van der Waals surface area contributed by atoms with Gasteiger partial charge in [-0.25, -0.2) is 4.98 Å². The van der Waals surface area contributed by atoms with Crippen LogP contribution in [0.2, 0.25) is 0 Å². The van der Waals surface area contributed by atoms with Crippen molar-refractivity contribution in [1.82, 2.24) is 9.55 Å². The molecule has 2 fully saturated rings. The SMILES string of the molecule is c1cn(C2CCCC2)c(NCC2CCCCS2)n1. The fourth-order valence-electron chi connectivity index (χ4n) is 3.10. The standard InChI is InChI=1S/C14H23N3S/c1-2-6-12(5-1)17-9-8-15-14(17)16-11-13-7-3-4-10-18-13/h8-9,12-13H,1-7,10-11H2,(H,15,16). The lowest BCUT2D eigenvalue weighted by molar-refractivity contribution is 0.522. The van der Waals surface area contributed by atoms with Crippen LogP contribution >= 0.6 is 11.8 Å². The van der Waals surface area contributed by atoms with Crippen molar-refractivity contribution in [1.29, 1.82) is 0 Å². The van der Waals surface area contributed by atoms with E-state index < -0.39 is 0 Å². The molecule has 2 aliphatic rings. The third-order valence-electron chi connectivity index (χ3n) is 4.15. The number of thioether (sulfide) groups is 1. The topological polar surface area (TPSA) is 29.9 Å². The van der Waals surface area contributed by atoms with Gasteiger partial charge in [-0.3, -0.25) is 0 Å². The van der Waals surface area contributed by atoms with Crippen molar-refractivity contribution in [2.45, 2.75) is 56.2 Å². The fourth-order valence-corrected chi connectivity index (χ4v) is 4.34. The van der Waals surface area contributed by atoms with Crippen LogP contribution in [0.15, 0.2) is 12.4 Å². The molecule has 2 heterocycles. The van der Waals surface area contributed by atoms with Crippen molar-refractivity contribution in [2.75, 3.05) is 17.6 Å². The van der Waals surface area contributed by atoms with Gasteiger partial charge in [0.2, 0.25) is 5.95 Å². The summed E-state index contributed by atoms with van der Waals surface area (Å²) in [6.45, 7) is 1.08. The molecular formula is C14H23N3S. The second-order valence-corrected chi connectivity index (χ2v) is 6.87.